The Labute approximate surface area is 255 Å². The third kappa shape index (κ3) is 7.02. The molecule has 1 aromatic rings. The molecular weight excluding hydrogens is 546 g/mol. The van der Waals surface area contributed by atoms with E-state index in [-0.39, 0.29) is 35.5 Å². The SMILES string of the molecule is C=CCC(NC(=O)[C@@H]1[C@@H]2[C@H](CN1C(=O)[C@@H](C)C1CCCCC1)C2(C)C)C(=O)C(=O)NCC(=O)OC(C)(C)c1ccccc1. The van der Waals surface area contributed by atoms with Crippen LogP contribution in [0, 0.1) is 29.1 Å². The van der Waals surface area contributed by atoms with Gasteiger partial charge in [-0.3, -0.25) is 24.0 Å². The maximum atomic E-state index is 13.8. The van der Waals surface area contributed by atoms with Crippen LogP contribution in [0.5, 0.6) is 0 Å². The number of esters is 1. The smallest absolute Gasteiger partial charge is 0.326 e. The second kappa shape index (κ2) is 13.0. The average Bonchev–Trinajstić information content (AvgIpc) is 3.30. The van der Waals surface area contributed by atoms with Gasteiger partial charge in [-0.1, -0.05) is 76.4 Å². The number of ketones is 1. The van der Waals surface area contributed by atoms with Crippen LogP contribution in [0.1, 0.15) is 78.7 Å². The molecule has 1 saturated heterocycles. The van der Waals surface area contributed by atoms with Crippen molar-refractivity contribution in [3.05, 3.63) is 48.6 Å². The third-order valence-corrected chi connectivity index (χ3v) is 10.00. The summed E-state index contributed by atoms with van der Waals surface area (Å²) in [6.45, 7) is 13.4. The van der Waals surface area contributed by atoms with Crippen molar-refractivity contribution in [1.29, 1.82) is 0 Å². The number of benzene rings is 1. The van der Waals surface area contributed by atoms with E-state index in [1.54, 1.807) is 18.7 Å². The highest BCUT2D eigenvalue weighted by molar-refractivity contribution is 6.38. The number of ether oxygens (including phenoxy) is 1. The molecule has 3 amide bonds. The average molecular weight is 594 g/mol. The fourth-order valence-electron chi connectivity index (χ4n) is 7.18. The molecule has 4 rings (SSSR count). The van der Waals surface area contributed by atoms with E-state index in [1.807, 2.05) is 37.3 Å². The molecule has 9 nitrogen and oxygen atoms in total. The Kier molecular flexibility index (Phi) is 9.82. The number of carbonyl (C=O) groups is 5. The molecule has 2 saturated carbocycles. The first-order valence-corrected chi connectivity index (χ1v) is 15.6. The summed E-state index contributed by atoms with van der Waals surface area (Å²) < 4.78 is 5.54. The normalized spacial score (nSPS) is 24.2. The minimum atomic E-state index is -1.17. The minimum absolute atomic E-state index is 0.00340. The Balaban J connectivity index is 1.38. The van der Waals surface area contributed by atoms with Crippen LogP contribution in [0.4, 0.5) is 0 Å². The molecule has 0 spiro atoms. The zero-order valence-corrected chi connectivity index (χ0v) is 26.2. The van der Waals surface area contributed by atoms with Gasteiger partial charge in [0, 0.05) is 12.5 Å². The number of piperidine rings is 1. The highest BCUT2D eigenvalue weighted by atomic mass is 16.6. The first kappa shape index (κ1) is 32.4. The molecule has 0 radical (unpaired) electrons. The van der Waals surface area contributed by atoms with E-state index in [9.17, 15) is 24.0 Å². The van der Waals surface area contributed by atoms with Crippen LogP contribution in [0.3, 0.4) is 0 Å². The molecule has 0 bridgehead atoms. The van der Waals surface area contributed by atoms with E-state index in [1.165, 1.54) is 12.5 Å². The Morgan fingerprint density at radius 1 is 1.09 bits per heavy atom. The molecular formula is C34H47N3O6. The van der Waals surface area contributed by atoms with Crippen molar-refractivity contribution in [3.8, 4) is 0 Å². The number of fused-ring (bicyclic) bond motifs is 1. The number of hydrogen-bond acceptors (Lipinski definition) is 6. The first-order chi connectivity index (χ1) is 20.3. The monoisotopic (exact) mass is 593 g/mol. The molecule has 1 unspecified atom stereocenters. The standard InChI is InChI=1S/C34H47N3O6/c1-7-14-25(29(39)31(41)35-19-26(38)43-34(5,6)23-17-12-9-13-18-23)36-30(40)28-27-24(33(27,3)4)20-37(28)32(42)21(2)22-15-10-8-11-16-22/h7,9,12-13,17-18,21-22,24-25,27-28H,1,8,10-11,14-16,19-20H2,2-6H3,(H,35,41)(H,36,40)/t21-,24-,25?,27-,28-/m0/s1. The topological polar surface area (TPSA) is 122 Å². The molecule has 2 aliphatic carbocycles. The summed E-state index contributed by atoms with van der Waals surface area (Å²) in [6.07, 6.45) is 6.99. The summed E-state index contributed by atoms with van der Waals surface area (Å²) in [7, 11) is 0. The van der Waals surface area contributed by atoms with Gasteiger partial charge in [0.05, 0.1) is 0 Å². The molecule has 3 aliphatic rings. The fraction of sp³-hybridized carbons (Fsp3) is 0.618. The number of amides is 3. The molecule has 1 aliphatic heterocycles. The Morgan fingerprint density at radius 2 is 1.74 bits per heavy atom. The number of hydrogen-bond donors (Lipinski definition) is 2. The number of likely N-dealkylation sites (tertiary alicyclic amines) is 1. The van der Waals surface area contributed by atoms with Crippen LogP contribution in [0.25, 0.3) is 0 Å². The lowest BCUT2D eigenvalue weighted by Gasteiger charge is -2.35. The lowest BCUT2D eigenvalue weighted by atomic mass is 9.80. The summed E-state index contributed by atoms with van der Waals surface area (Å²) in [4.78, 5) is 67.6. The highest BCUT2D eigenvalue weighted by Crippen LogP contribution is 2.65. The van der Waals surface area contributed by atoms with Crippen molar-refractivity contribution in [3.63, 3.8) is 0 Å². The van der Waals surface area contributed by atoms with Crippen LogP contribution < -0.4 is 10.6 Å². The van der Waals surface area contributed by atoms with Gasteiger partial charge in [0.1, 0.15) is 24.2 Å². The van der Waals surface area contributed by atoms with Crippen LogP contribution in [0.15, 0.2) is 43.0 Å². The van der Waals surface area contributed by atoms with Crippen LogP contribution in [-0.2, 0) is 34.3 Å². The van der Waals surface area contributed by atoms with Crippen molar-refractivity contribution in [1.82, 2.24) is 15.5 Å². The van der Waals surface area contributed by atoms with Crippen molar-refractivity contribution < 1.29 is 28.7 Å². The lowest BCUT2D eigenvalue weighted by molar-refractivity contribution is -0.157. The Morgan fingerprint density at radius 3 is 2.37 bits per heavy atom. The van der Waals surface area contributed by atoms with Gasteiger partial charge >= 0.3 is 5.97 Å². The van der Waals surface area contributed by atoms with Crippen molar-refractivity contribution in [2.45, 2.75) is 90.8 Å². The highest BCUT2D eigenvalue weighted by Gasteiger charge is 2.69. The summed E-state index contributed by atoms with van der Waals surface area (Å²) in [6, 6.07) is 7.32. The summed E-state index contributed by atoms with van der Waals surface area (Å²) in [5, 5.41) is 5.09. The van der Waals surface area contributed by atoms with Gasteiger partial charge in [0.2, 0.25) is 17.6 Å². The number of rotatable bonds is 12. The van der Waals surface area contributed by atoms with E-state index >= 15 is 0 Å². The van der Waals surface area contributed by atoms with E-state index in [4.69, 9.17) is 4.74 Å². The Hall–Kier alpha value is -3.49. The van der Waals surface area contributed by atoms with Gasteiger partial charge < -0.3 is 20.3 Å². The molecule has 234 valence electrons. The number of nitrogens with one attached hydrogen (secondary N) is 2. The first-order valence-electron chi connectivity index (χ1n) is 15.6. The van der Waals surface area contributed by atoms with E-state index in [2.05, 4.69) is 31.1 Å². The predicted molar refractivity (Wildman–Crippen MR) is 162 cm³/mol. The van der Waals surface area contributed by atoms with Crippen molar-refractivity contribution in [2.75, 3.05) is 13.1 Å². The van der Waals surface area contributed by atoms with Gasteiger partial charge in [-0.2, -0.15) is 0 Å². The molecule has 1 aromatic carbocycles. The zero-order valence-electron chi connectivity index (χ0n) is 26.2. The molecule has 9 heteroatoms. The van der Waals surface area contributed by atoms with Gasteiger partial charge in [0.15, 0.2) is 0 Å². The van der Waals surface area contributed by atoms with E-state index < -0.39 is 47.8 Å². The maximum absolute atomic E-state index is 13.8. The largest absolute Gasteiger partial charge is 0.453 e. The maximum Gasteiger partial charge on any atom is 0.326 e. The third-order valence-electron chi connectivity index (χ3n) is 10.00. The molecule has 43 heavy (non-hydrogen) atoms. The molecule has 3 fully saturated rings. The van der Waals surface area contributed by atoms with Crippen LogP contribution >= 0.6 is 0 Å². The van der Waals surface area contributed by atoms with Crippen LogP contribution in [-0.4, -0.2) is 59.5 Å². The number of nitrogens with zero attached hydrogens (tertiary/aromatic N) is 1. The van der Waals surface area contributed by atoms with Crippen molar-refractivity contribution in [2.24, 2.45) is 29.1 Å². The molecule has 0 aromatic heterocycles. The van der Waals surface area contributed by atoms with Gasteiger partial charge in [0.25, 0.3) is 5.91 Å². The van der Waals surface area contributed by atoms with Crippen LogP contribution in [0.2, 0.25) is 0 Å². The number of carbonyl (C=O) groups excluding carboxylic acids is 5. The quantitative estimate of drug-likeness (QED) is 0.215. The summed E-state index contributed by atoms with van der Waals surface area (Å²) in [5.74, 6) is -2.67. The van der Waals surface area contributed by atoms with E-state index in [0.29, 0.717) is 12.5 Å². The number of Topliss-reactive ketones (excluding diaryl/α,β-unsaturated/α-hetero) is 1. The zero-order chi connectivity index (χ0) is 31.5. The molecule has 1 heterocycles. The van der Waals surface area contributed by atoms with Gasteiger partial charge in [-0.25, -0.2) is 0 Å². The van der Waals surface area contributed by atoms with Gasteiger partial charge in [-0.05, 0) is 61.8 Å². The Bertz CT molecular complexity index is 1240. The second-order valence-electron chi connectivity index (χ2n) is 13.6. The molecule has 2 N–H and O–H groups in total. The summed E-state index contributed by atoms with van der Waals surface area (Å²) in [5.41, 5.74) is -0.233. The predicted octanol–water partition coefficient (Wildman–Crippen LogP) is 3.91. The minimum Gasteiger partial charge on any atom is -0.453 e. The molecule has 5 atom stereocenters. The van der Waals surface area contributed by atoms with Crippen molar-refractivity contribution >= 4 is 29.5 Å². The second-order valence-corrected chi connectivity index (χ2v) is 13.6. The summed E-state index contributed by atoms with van der Waals surface area (Å²) >= 11 is 0. The van der Waals surface area contributed by atoms with E-state index in [0.717, 1.165) is 31.2 Å². The van der Waals surface area contributed by atoms with Gasteiger partial charge in [-0.15, -0.1) is 6.58 Å². The fourth-order valence-corrected chi connectivity index (χ4v) is 7.18. The lowest BCUT2D eigenvalue weighted by Crippen LogP contribution is -2.56.